The summed E-state index contributed by atoms with van der Waals surface area (Å²) in [5.74, 6) is 1.28. The lowest BCUT2D eigenvalue weighted by atomic mass is 10.2. The summed E-state index contributed by atoms with van der Waals surface area (Å²) in [6.07, 6.45) is 0. The van der Waals surface area contributed by atoms with Crippen molar-refractivity contribution < 1.29 is 4.79 Å². The molecule has 2 heterocycles. The maximum atomic E-state index is 11.9. The Hall–Kier alpha value is -3.13. The highest BCUT2D eigenvalue weighted by Gasteiger charge is 2.06. The largest absolute Gasteiger partial charge is 0.367 e. The number of anilines is 2. The van der Waals surface area contributed by atoms with Crippen LogP contribution in [0, 0.1) is 20.8 Å². The van der Waals surface area contributed by atoms with Gasteiger partial charge in [-0.3, -0.25) is 0 Å². The van der Waals surface area contributed by atoms with Gasteiger partial charge in [-0.15, -0.1) is 10.2 Å². The Morgan fingerprint density at radius 1 is 1.07 bits per heavy atom. The van der Waals surface area contributed by atoms with Crippen LogP contribution in [0.1, 0.15) is 17.0 Å². The molecule has 146 valence electrons. The van der Waals surface area contributed by atoms with Gasteiger partial charge in [-0.05, 0) is 56.7 Å². The van der Waals surface area contributed by atoms with Crippen LogP contribution in [0.2, 0.25) is 5.02 Å². The summed E-state index contributed by atoms with van der Waals surface area (Å²) in [5.41, 5.74) is 3.53. The lowest BCUT2D eigenvalue weighted by molar-refractivity contribution is 0.252. The van der Waals surface area contributed by atoms with E-state index in [0.29, 0.717) is 35.4 Å². The second-order valence-electron chi connectivity index (χ2n) is 6.39. The topological polar surface area (TPSA) is 96.8 Å². The molecule has 3 N–H and O–H groups in total. The van der Waals surface area contributed by atoms with Gasteiger partial charge in [-0.1, -0.05) is 17.7 Å². The van der Waals surface area contributed by atoms with Crippen LogP contribution < -0.4 is 16.0 Å². The highest BCUT2D eigenvalue weighted by molar-refractivity contribution is 6.31. The summed E-state index contributed by atoms with van der Waals surface area (Å²) in [4.78, 5) is 11.9. The fraction of sp³-hybridized carbons (Fsp3) is 0.263. The van der Waals surface area contributed by atoms with Crippen molar-refractivity contribution in [3.05, 3.63) is 58.4 Å². The van der Waals surface area contributed by atoms with Gasteiger partial charge in [-0.25, -0.2) is 9.48 Å². The summed E-state index contributed by atoms with van der Waals surface area (Å²) in [7, 11) is 0. The van der Waals surface area contributed by atoms with Crippen molar-refractivity contribution in [2.45, 2.75) is 20.8 Å². The average molecular weight is 400 g/mol. The summed E-state index contributed by atoms with van der Waals surface area (Å²) >= 11 is 6.05. The number of hydrogen-bond donors (Lipinski definition) is 3. The first-order valence-electron chi connectivity index (χ1n) is 8.84. The molecule has 0 unspecified atom stereocenters. The molecule has 0 aliphatic carbocycles. The summed E-state index contributed by atoms with van der Waals surface area (Å²) in [6.45, 7) is 6.74. The molecule has 0 radical (unpaired) electrons. The maximum absolute atomic E-state index is 11.9. The summed E-state index contributed by atoms with van der Waals surface area (Å²) < 4.78 is 1.75. The number of urea groups is 1. The second-order valence-corrected chi connectivity index (χ2v) is 6.79. The molecular formula is C19H22ClN7O. The van der Waals surface area contributed by atoms with Crippen LogP contribution in [0.5, 0.6) is 0 Å². The van der Waals surface area contributed by atoms with Gasteiger partial charge in [0.25, 0.3) is 0 Å². The van der Waals surface area contributed by atoms with E-state index in [9.17, 15) is 4.79 Å². The van der Waals surface area contributed by atoms with Crippen LogP contribution in [0.25, 0.3) is 5.82 Å². The van der Waals surface area contributed by atoms with Crippen molar-refractivity contribution in [2.75, 3.05) is 23.7 Å². The monoisotopic (exact) mass is 399 g/mol. The molecule has 8 nitrogen and oxygen atoms in total. The van der Waals surface area contributed by atoms with E-state index in [0.717, 1.165) is 17.0 Å². The van der Waals surface area contributed by atoms with Crippen molar-refractivity contribution in [1.82, 2.24) is 25.3 Å². The Bertz CT molecular complexity index is 969. The molecule has 0 saturated carbocycles. The average Bonchev–Trinajstić information content (AvgIpc) is 3.00. The van der Waals surface area contributed by atoms with Crippen LogP contribution in [0.3, 0.4) is 0 Å². The zero-order valence-electron chi connectivity index (χ0n) is 16.0. The van der Waals surface area contributed by atoms with Crippen LogP contribution in [0.15, 0.2) is 36.4 Å². The minimum Gasteiger partial charge on any atom is -0.367 e. The predicted molar refractivity (Wildman–Crippen MR) is 110 cm³/mol. The smallest absolute Gasteiger partial charge is 0.319 e. The van der Waals surface area contributed by atoms with E-state index in [1.54, 1.807) is 16.8 Å². The quantitative estimate of drug-likeness (QED) is 0.551. The molecule has 3 rings (SSSR count). The molecule has 9 heteroatoms. The number of hydrogen-bond acceptors (Lipinski definition) is 5. The first-order chi connectivity index (χ1) is 13.4. The third-order valence-corrected chi connectivity index (χ3v) is 4.43. The zero-order chi connectivity index (χ0) is 20.1. The highest BCUT2D eigenvalue weighted by atomic mass is 35.5. The minimum atomic E-state index is -0.298. The summed E-state index contributed by atoms with van der Waals surface area (Å²) in [5, 5.41) is 21.9. The number of rotatable bonds is 6. The van der Waals surface area contributed by atoms with E-state index in [-0.39, 0.29) is 6.03 Å². The number of nitrogens with one attached hydrogen (secondary N) is 3. The van der Waals surface area contributed by atoms with Crippen molar-refractivity contribution >= 4 is 29.1 Å². The Labute approximate surface area is 168 Å². The number of carbonyl (C=O) groups excluding carboxylic acids is 1. The molecule has 2 amide bonds. The predicted octanol–water partition coefficient (Wildman–Crippen LogP) is 3.47. The van der Waals surface area contributed by atoms with Gasteiger partial charge in [0.15, 0.2) is 5.82 Å². The Morgan fingerprint density at radius 2 is 1.89 bits per heavy atom. The SMILES string of the molecule is Cc1cc(C)n(-c2ccc(NCCNC(=O)Nc3ccc(C)c(Cl)c3)nn2)n1. The number of carbonyl (C=O) groups is 1. The normalized spacial score (nSPS) is 10.6. The fourth-order valence-electron chi connectivity index (χ4n) is 2.61. The number of aryl methyl sites for hydroxylation is 3. The number of halogens is 1. The van der Waals surface area contributed by atoms with Crippen molar-refractivity contribution in [3.63, 3.8) is 0 Å². The maximum Gasteiger partial charge on any atom is 0.319 e. The molecule has 0 saturated heterocycles. The molecule has 0 atom stereocenters. The Morgan fingerprint density at radius 3 is 2.54 bits per heavy atom. The number of nitrogens with zero attached hydrogens (tertiary/aromatic N) is 4. The summed E-state index contributed by atoms with van der Waals surface area (Å²) in [6, 6.07) is 10.7. The third-order valence-electron chi connectivity index (χ3n) is 4.02. The van der Waals surface area contributed by atoms with Gasteiger partial charge in [0.05, 0.1) is 5.69 Å². The lowest BCUT2D eigenvalue weighted by Gasteiger charge is -2.10. The molecule has 0 spiro atoms. The van der Waals surface area contributed by atoms with Gasteiger partial charge in [-0.2, -0.15) is 5.10 Å². The first-order valence-corrected chi connectivity index (χ1v) is 9.22. The van der Waals surface area contributed by atoms with Crippen LogP contribution in [-0.4, -0.2) is 39.1 Å². The minimum absolute atomic E-state index is 0.298. The lowest BCUT2D eigenvalue weighted by Crippen LogP contribution is -2.32. The van der Waals surface area contributed by atoms with E-state index >= 15 is 0 Å². The zero-order valence-corrected chi connectivity index (χ0v) is 16.7. The second kappa shape index (κ2) is 8.71. The highest BCUT2D eigenvalue weighted by Crippen LogP contribution is 2.19. The molecule has 28 heavy (non-hydrogen) atoms. The Kier molecular flexibility index (Phi) is 6.10. The fourth-order valence-corrected chi connectivity index (χ4v) is 2.79. The van der Waals surface area contributed by atoms with Crippen LogP contribution >= 0.6 is 11.6 Å². The standard InChI is InChI=1S/C19H22ClN7O/c1-12-4-5-15(11-16(12)20)23-19(28)22-9-8-21-17-6-7-18(25-24-17)27-14(3)10-13(2)26-27/h4-7,10-11H,8-9H2,1-3H3,(H,21,24)(H2,22,23,28). The molecular weight excluding hydrogens is 378 g/mol. The molecule has 1 aromatic carbocycles. The van der Waals surface area contributed by atoms with E-state index in [1.807, 2.05) is 45.0 Å². The van der Waals surface area contributed by atoms with E-state index in [2.05, 4.69) is 31.2 Å². The Balaban J connectivity index is 1.44. The number of aromatic nitrogens is 4. The van der Waals surface area contributed by atoms with Gasteiger partial charge >= 0.3 is 6.03 Å². The molecule has 0 aliphatic heterocycles. The first kappa shape index (κ1) is 19.6. The molecule has 3 aromatic rings. The van der Waals surface area contributed by atoms with Crippen LogP contribution in [-0.2, 0) is 0 Å². The third kappa shape index (κ3) is 4.98. The number of amides is 2. The van der Waals surface area contributed by atoms with E-state index in [1.165, 1.54) is 0 Å². The molecule has 0 bridgehead atoms. The van der Waals surface area contributed by atoms with Gasteiger partial charge < -0.3 is 16.0 Å². The van der Waals surface area contributed by atoms with Gasteiger partial charge in [0.2, 0.25) is 0 Å². The molecule has 2 aromatic heterocycles. The van der Waals surface area contributed by atoms with Gasteiger partial charge in [0, 0.05) is 29.5 Å². The van der Waals surface area contributed by atoms with Gasteiger partial charge in [0.1, 0.15) is 5.82 Å². The molecule has 0 aliphatic rings. The van der Waals surface area contributed by atoms with Crippen molar-refractivity contribution in [1.29, 1.82) is 0 Å². The van der Waals surface area contributed by atoms with E-state index < -0.39 is 0 Å². The van der Waals surface area contributed by atoms with E-state index in [4.69, 9.17) is 11.6 Å². The van der Waals surface area contributed by atoms with Crippen molar-refractivity contribution in [2.24, 2.45) is 0 Å². The van der Waals surface area contributed by atoms with Crippen molar-refractivity contribution in [3.8, 4) is 5.82 Å². The van der Waals surface area contributed by atoms with Crippen LogP contribution in [0.4, 0.5) is 16.3 Å². The number of benzene rings is 1. The molecule has 0 fully saturated rings.